The molecule has 0 fully saturated rings. The number of aliphatic carboxylic acids is 1. The molecule has 0 spiro atoms. The molecule has 0 bridgehead atoms. The van der Waals surface area contributed by atoms with Crippen LogP contribution in [-0.2, 0) is 15.1 Å². The summed E-state index contributed by atoms with van der Waals surface area (Å²) < 4.78 is 43.7. The molecule has 7 heteroatoms. The van der Waals surface area contributed by atoms with Gasteiger partial charge in [-0.1, -0.05) is 12.1 Å². The average Bonchev–Trinajstić information content (AvgIpc) is 2.25. The van der Waals surface area contributed by atoms with Gasteiger partial charge in [-0.15, -0.1) is 0 Å². The Labute approximate surface area is 101 Å². The lowest BCUT2D eigenvalue weighted by molar-refractivity contribution is -0.279. The van der Waals surface area contributed by atoms with Gasteiger partial charge in [-0.25, -0.2) is 0 Å². The summed E-state index contributed by atoms with van der Waals surface area (Å²) in [5.74, 6) is -1.86. The van der Waals surface area contributed by atoms with Gasteiger partial charge in [0.05, 0.1) is 6.42 Å². The normalized spacial score (nSPS) is 15.1. The number of methoxy groups -OCH3 is 1. The molecule has 2 N–H and O–H groups in total. The van der Waals surface area contributed by atoms with Gasteiger partial charge in [-0.3, -0.25) is 4.79 Å². The molecule has 0 saturated heterocycles. The lowest BCUT2D eigenvalue weighted by Crippen LogP contribution is -2.45. The maximum Gasteiger partial charge on any atom is 0.422 e. The minimum Gasteiger partial charge on any atom is -0.508 e. The molecule has 18 heavy (non-hydrogen) atoms. The molecule has 1 rings (SSSR count). The average molecular weight is 264 g/mol. The highest BCUT2D eigenvalue weighted by atomic mass is 19.4. The maximum atomic E-state index is 13.1. The summed E-state index contributed by atoms with van der Waals surface area (Å²) in [7, 11) is 0.795. The third kappa shape index (κ3) is 2.56. The second-order valence-electron chi connectivity index (χ2n) is 3.65. The molecule has 0 amide bonds. The number of carbonyl (C=O) groups is 1. The Hall–Kier alpha value is -1.76. The summed E-state index contributed by atoms with van der Waals surface area (Å²) >= 11 is 0. The van der Waals surface area contributed by atoms with Gasteiger partial charge in [0.25, 0.3) is 0 Å². The number of hydrogen-bond acceptors (Lipinski definition) is 3. The van der Waals surface area contributed by atoms with Gasteiger partial charge in [0, 0.05) is 7.11 Å². The van der Waals surface area contributed by atoms with E-state index >= 15 is 0 Å². The number of phenolic OH excluding ortho intramolecular Hbond substituents is 1. The molecule has 0 aromatic heterocycles. The van der Waals surface area contributed by atoms with Crippen LogP contribution < -0.4 is 0 Å². The van der Waals surface area contributed by atoms with E-state index in [1.807, 2.05) is 0 Å². The molecule has 0 aliphatic heterocycles. The Kier molecular flexibility index (Phi) is 3.85. The number of aromatic hydroxyl groups is 1. The van der Waals surface area contributed by atoms with Crippen LogP contribution in [0, 0.1) is 0 Å². The largest absolute Gasteiger partial charge is 0.508 e. The van der Waals surface area contributed by atoms with Crippen molar-refractivity contribution in [1.82, 2.24) is 0 Å². The van der Waals surface area contributed by atoms with E-state index in [1.165, 1.54) is 0 Å². The highest BCUT2D eigenvalue weighted by molar-refractivity contribution is 5.69. The van der Waals surface area contributed by atoms with Crippen LogP contribution in [0.5, 0.6) is 5.75 Å². The molecule has 0 saturated carbocycles. The predicted octanol–water partition coefficient (Wildman–Crippen LogP) is 2.27. The Bertz CT molecular complexity index is 427. The van der Waals surface area contributed by atoms with Gasteiger partial charge < -0.3 is 14.9 Å². The van der Waals surface area contributed by atoms with Crippen molar-refractivity contribution in [3.05, 3.63) is 29.8 Å². The van der Waals surface area contributed by atoms with Crippen molar-refractivity contribution >= 4 is 5.97 Å². The lowest BCUT2D eigenvalue weighted by atomic mass is 9.89. The van der Waals surface area contributed by atoms with Gasteiger partial charge in [0.2, 0.25) is 0 Å². The molecule has 1 atom stereocenters. The maximum absolute atomic E-state index is 13.1. The van der Waals surface area contributed by atoms with Crippen molar-refractivity contribution in [1.29, 1.82) is 0 Å². The van der Waals surface area contributed by atoms with E-state index in [0.29, 0.717) is 0 Å². The van der Waals surface area contributed by atoms with Crippen LogP contribution in [0.1, 0.15) is 12.0 Å². The van der Waals surface area contributed by atoms with E-state index in [-0.39, 0.29) is 11.3 Å². The molecular formula is C11H11F3O4. The lowest BCUT2D eigenvalue weighted by Gasteiger charge is -2.33. The molecular weight excluding hydrogens is 253 g/mol. The number of carboxylic acids is 1. The van der Waals surface area contributed by atoms with E-state index in [4.69, 9.17) is 10.2 Å². The summed E-state index contributed by atoms with van der Waals surface area (Å²) in [5, 5.41) is 17.7. The number of rotatable bonds is 4. The first kappa shape index (κ1) is 14.3. The smallest absolute Gasteiger partial charge is 0.422 e. The zero-order chi connectivity index (χ0) is 14.0. The van der Waals surface area contributed by atoms with E-state index in [0.717, 1.165) is 31.4 Å². The van der Waals surface area contributed by atoms with Gasteiger partial charge in [-0.2, -0.15) is 13.2 Å². The van der Waals surface area contributed by atoms with Gasteiger partial charge in [-0.05, 0) is 17.7 Å². The predicted molar refractivity (Wildman–Crippen MR) is 55.1 cm³/mol. The van der Waals surface area contributed by atoms with E-state index in [9.17, 15) is 18.0 Å². The minimum absolute atomic E-state index is 0.221. The third-order valence-electron chi connectivity index (χ3n) is 2.54. The van der Waals surface area contributed by atoms with Crippen LogP contribution >= 0.6 is 0 Å². The SMILES string of the molecule is COC(CC(=O)O)(c1ccc(O)cc1)C(F)(F)F. The van der Waals surface area contributed by atoms with Crippen LogP contribution in [0.15, 0.2) is 24.3 Å². The van der Waals surface area contributed by atoms with Crippen molar-refractivity contribution in [2.45, 2.75) is 18.2 Å². The Morgan fingerprint density at radius 2 is 1.78 bits per heavy atom. The first-order valence-corrected chi connectivity index (χ1v) is 4.86. The number of alkyl halides is 3. The molecule has 4 nitrogen and oxygen atoms in total. The second-order valence-corrected chi connectivity index (χ2v) is 3.65. The summed E-state index contributed by atoms with van der Waals surface area (Å²) in [6.07, 6.45) is -6.14. The fourth-order valence-corrected chi connectivity index (χ4v) is 1.62. The van der Waals surface area contributed by atoms with Gasteiger partial charge >= 0.3 is 12.1 Å². The molecule has 1 aromatic rings. The first-order valence-electron chi connectivity index (χ1n) is 4.86. The van der Waals surface area contributed by atoms with Crippen LogP contribution in [0.4, 0.5) is 13.2 Å². The first-order chi connectivity index (χ1) is 8.23. The quantitative estimate of drug-likeness (QED) is 0.875. The van der Waals surface area contributed by atoms with Gasteiger partial charge in [0.15, 0.2) is 5.60 Å². The number of carboxylic acid groups (broad SMARTS) is 1. The fourth-order valence-electron chi connectivity index (χ4n) is 1.62. The van der Waals surface area contributed by atoms with Gasteiger partial charge in [0.1, 0.15) is 5.75 Å². The number of halogens is 3. The molecule has 0 aliphatic rings. The molecule has 0 radical (unpaired) electrons. The summed E-state index contributed by atoms with van der Waals surface area (Å²) in [6, 6.07) is 4.04. The zero-order valence-corrected chi connectivity index (χ0v) is 9.36. The summed E-state index contributed by atoms with van der Waals surface area (Å²) in [5.41, 5.74) is -3.30. The highest BCUT2D eigenvalue weighted by Gasteiger charge is 2.58. The zero-order valence-electron chi connectivity index (χ0n) is 9.36. The number of phenols is 1. The molecule has 100 valence electrons. The molecule has 1 aromatic carbocycles. The Morgan fingerprint density at radius 3 is 2.11 bits per heavy atom. The number of hydrogen-bond donors (Lipinski definition) is 2. The van der Waals surface area contributed by atoms with Crippen molar-refractivity contribution in [2.75, 3.05) is 7.11 Å². The van der Waals surface area contributed by atoms with Crippen LogP contribution in [0.2, 0.25) is 0 Å². The Morgan fingerprint density at radius 1 is 1.28 bits per heavy atom. The monoisotopic (exact) mass is 264 g/mol. The van der Waals surface area contributed by atoms with E-state index in [2.05, 4.69) is 4.74 Å². The van der Waals surface area contributed by atoms with Crippen molar-refractivity contribution in [3.63, 3.8) is 0 Å². The summed E-state index contributed by atoms with van der Waals surface area (Å²) in [6.45, 7) is 0. The van der Waals surface area contributed by atoms with Crippen molar-refractivity contribution in [3.8, 4) is 5.75 Å². The Balaban J connectivity index is 3.34. The summed E-state index contributed by atoms with van der Waals surface area (Å²) in [4.78, 5) is 10.6. The van der Waals surface area contributed by atoms with Crippen molar-refractivity contribution in [2.24, 2.45) is 0 Å². The minimum atomic E-state index is -4.89. The fraction of sp³-hybridized carbons (Fsp3) is 0.364. The molecule has 0 heterocycles. The van der Waals surface area contributed by atoms with Crippen LogP contribution in [0.25, 0.3) is 0 Å². The second kappa shape index (κ2) is 4.85. The third-order valence-corrected chi connectivity index (χ3v) is 2.54. The molecule has 1 unspecified atom stereocenters. The molecule has 0 aliphatic carbocycles. The van der Waals surface area contributed by atoms with Crippen LogP contribution in [0.3, 0.4) is 0 Å². The number of benzene rings is 1. The van der Waals surface area contributed by atoms with Crippen LogP contribution in [-0.4, -0.2) is 29.5 Å². The standard InChI is InChI=1S/C11H11F3O4/c1-18-10(6-9(16)17,11(12,13)14)7-2-4-8(15)5-3-7/h2-5,15H,6H2,1H3,(H,16,17). The highest BCUT2D eigenvalue weighted by Crippen LogP contribution is 2.44. The topological polar surface area (TPSA) is 66.8 Å². The van der Waals surface area contributed by atoms with E-state index < -0.39 is 24.2 Å². The number of ether oxygens (including phenoxy) is 1. The van der Waals surface area contributed by atoms with E-state index in [1.54, 1.807) is 0 Å². The van der Waals surface area contributed by atoms with Crippen molar-refractivity contribution < 1.29 is 32.9 Å².